The minimum atomic E-state index is -1.61. The predicted molar refractivity (Wildman–Crippen MR) is 419 cm³/mol. The summed E-state index contributed by atoms with van der Waals surface area (Å²) in [4.78, 5) is 199. The third kappa shape index (κ3) is 22.4. The number of benzene rings is 3. The lowest BCUT2D eigenvalue weighted by molar-refractivity contribution is -0.146. The van der Waals surface area contributed by atoms with Gasteiger partial charge in [0, 0.05) is 110 Å². The summed E-state index contributed by atoms with van der Waals surface area (Å²) in [5, 5.41) is 53.6. The maximum Gasteiger partial charge on any atom is 0.328 e. The summed E-state index contributed by atoms with van der Waals surface area (Å²) in [5.41, 5.74) is 16.5. The molecule has 7 heterocycles. The van der Waals surface area contributed by atoms with E-state index in [1.165, 1.54) is 39.7 Å². The van der Waals surface area contributed by atoms with Gasteiger partial charge in [-0.2, -0.15) is 0 Å². The Morgan fingerprint density at radius 1 is 0.491 bits per heavy atom. The summed E-state index contributed by atoms with van der Waals surface area (Å²) in [7, 11) is 0. The van der Waals surface area contributed by atoms with Crippen LogP contribution in [-0.4, -0.2) is 237 Å². The summed E-state index contributed by atoms with van der Waals surface area (Å²) >= 11 is 0. The topological polar surface area (TPSA) is 528 Å². The number of likely N-dealkylation sites (tertiary alicyclic amines) is 3. The van der Waals surface area contributed by atoms with E-state index < -0.39 is 150 Å². The van der Waals surface area contributed by atoms with E-state index in [0.717, 1.165) is 27.4 Å². The maximum atomic E-state index is 15.4. The number of hydrogen-bond acceptors (Lipinski definition) is 17. The third-order valence-corrected chi connectivity index (χ3v) is 20.9. The van der Waals surface area contributed by atoms with E-state index in [4.69, 9.17) is 16.9 Å². The molecule has 10 rings (SSSR count). The molecule has 3 saturated heterocycles. The van der Waals surface area contributed by atoms with Crippen molar-refractivity contribution in [1.29, 1.82) is 5.41 Å². The standard InChI is InChI=1S/C79H105N21O14/c1-44(2)30-57(69(104)94-61(34-48-38-87-55-21-11-9-19-52(48)55)76(111)99-28-14-24-65(99)73(108)96-60(31-45(3)4)75(110)98-27-15-25-66(98)74(109)97-63(41-101)78(113)114)92-68(103)56(22-12-26-85-79(81)82)90-72(107)64-23-13-29-100(64)77(112)62(36-50-40-84-43-89-50)95-70(105)58(33-47-37-86-54-20-10-8-18-51(47)54)93-71(106)59(35-49-39-83-42-88-49)91-67(102)53(80)32-46-16-6-5-7-17-46/h5-11,16-21,37-40,42-45,53,56-66,86-87,101H,12-15,22-36,41,80H2,1-4H3,(H,83,88)(H,84,89)(H,90,107)(H,91,102)(H,92,103)(H,93,106)(H,94,104)(H,95,105)(H,96,108)(H,97,109)(H,113,114)(H4,81,82,85)/t53-,56-,57-,58-,59-,60-,61-,62-,63-,64-,65-,66-/m0/s1. The number of carbonyl (C=O) groups is 12. The minimum Gasteiger partial charge on any atom is -0.480 e. The largest absolute Gasteiger partial charge is 0.480 e. The molecule has 0 unspecified atom stereocenters. The second-order valence-corrected chi connectivity index (χ2v) is 30.3. The lowest BCUT2D eigenvalue weighted by atomic mass is 9.99. The molecule has 0 radical (unpaired) electrons. The molecule has 35 nitrogen and oxygen atoms in total. The lowest BCUT2D eigenvalue weighted by Crippen LogP contribution is -2.61. The molecule has 610 valence electrons. The van der Waals surface area contributed by atoms with Crippen molar-refractivity contribution in [3.63, 3.8) is 0 Å². The van der Waals surface area contributed by atoms with Crippen molar-refractivity contribution in [2.45, 2.75) is 197 Å². The molecule has 4 aromatic heterocycles. The van der Waals surface area contributed by atoms with Crippen LogP contribution in [0.5, 0.6) is 0 Å². The molecule has 20 N–H and O–H groups in total. The molecule has 0 spiro atoms. The van der Waals surface area contributed by atoms with Gasteiger partial charge in [-0.05, 0) is 111 Å². The van der Waals surface area contributed by atoms with Gasteiger partial charge in [-0.25, -0.2) is 14.8 Å². The first-order valence-corrected chi connectivity index (χ1v) is 38.8. The molecule has 3 aromatic carbocycles. The van der Waals surface area contributed by atoms with Crippen molar-refractivity contribution in [2.24, 2.45) is 23.3 Å². The summed E-state index contributed by atoms with van der Waals surface area (Å²) in [6.45, 7) is 6.79. The van der Waals surface area contributed by atoms with E-state index >= 15 is 28.8 Å². The molecule has 3 aliphatic heterocycles. The van der Waals surface area contributed by atoms with Crippen LogP contribution >= 0.6 is 0 Å². The molecule has 114 heavy (non-hydrogen) atoms. The molecule has 7 aromatic rings. The summed E-state index contributed by atoms with van der Waals surface area (Å²) in [6, 6.07) is 8.29. The number of H-pyrrole nitrogens is 4. The summed E-state index contributed by atoms with van der Waals surface area (Å²) in [5.74, 6) is -10.1. The number of aromatic nitrogens is 6. The van der Waals surface area contributed by atoms with E-state index in [-0.39, 0.29) is 121 Å². The number of nitrogens with zero attached hydrogens (tertiary/aromatic N) is 5. The lowest BCUT2D eigenvalue weighted by Gasteiger charge is -2.33. The van der Waals surface area contributed by atoms with Crippen molar-refractivity contribution in [3.8, 4) is 0 Å². The van der Waals surface area contributed by atoms with E-state index in [1.54, 1.807) is 12.4 Å². The predicted octanol–water partition coefficient (Wildman–Crippen LogP) is 0.220. The second kappa shape index (κ2) is 39.9. The van der Waals surface area contributed by atoms with Gasteiger partial charge in [0.15, 0.2) is 5.96 Å². The van der Waals surface area contributed by atoms with Crippen LogP contribution in [0.1, 0.15) is 120 Å². The molecule has 0 aliphatic carbocycles. The van der Waals surface area contributed by atoms with Crippen LogP contribution in [0.4, 0.5) is 0 Å². The fraction of sp³-hybridized carbons (Fsp3) is 0.481. The Bertz CT molecular complexity index is 4510. The van der Waals surface area contributed by atoms with Gasteiger partial charge in [-0.3, -0.25) is 58.1 Å². The Balaban J connectivity index is 0.869. The van der Waals surface area contributed by atoms with Crippen molar-refractivity contribution in [1.82, 2.24) is 92.5 Å². The van der Waals surface area contributed by atoms with Crippen LogP contribution in [0.25, 0.3) is 21.8 Å². The quantitative estimate of drug-likeness (QED) is 0.0139. The molecular formula is C79H105N21O14. The molecule has 3 fully saturated rings. The van der Waals surface area contributed by atoms with Crippen molar-refractivity contribution in [2.75, 3.05) is 32.8 Å². The van der Waals surface area contributed by atoms with Crippen molar-refractivity contribution in [3.05, 3.63) is 144 Å². The number of fused-ring (bicyclic) bond motifs is 2. The van der Waals surface area contributed by atoms with Gasteiger partial charge < -0.3 is 104 Å². The van der Waals surface area contributed by atoms with Crippen LogP contribution in [0.2, 0.25) is 0 Å². The fourth-order valence-corrected chi connectivity index (χ4v) is 15.1. The van der Waals surface area contributed by atoms with Gasteiger partial charge in [-0.15, -0.1) is 0 Å². The van der Waals surface area contributed by atoms with Gasteiger partial charge in [0.1, 0.15) is 66.5 Å². The van der Waals surface area contributed by atoms with E-state index in [1.807, 2.05) is 107 Å². The van der Waals surface area contributed by atoms with Crippen LogP contribution in [0.15, 0.2) is 116 Å². The smallest absolute Gasteiger partial charge is 0.328 e. The highest BCUT2D eigenvalue weighted by molar-refractivity contribution is 6.01. The average molecular weight is 1570 g/mol. The van der Waals surface area contributed by atoms with Crippen molar-refractivity contribution < 1.29 is 67.7 Å². The monoisotopic (exact) mass is 1570 g/mol. The Morgan fingerprint density at radius 2 is 0.895 bits per heavy atom. The number of aliphatic hydroxyl groups excluding tert-OH is 1. The van der Waals surface area contributed by atoms with Crippen LogP contribution in [-0.2, 0) is 89.6 Å². The highest BCUT2D eigenvalue weighted by Crippen LogP contribution is 2.28. The number of carbonyl (C=O) groups excluding carboxylic acids is 11. The van der Waals surface area contributed by atoms with Crippen LogP contribution in [0, 0.1) is 17.2 Å². The number of rotatable bonds is 39. The number of aliphatic hydroxyl groups is 1. The van der Waals surface area contributed by atoms with Crippen molar-refractivity contribution >= 4 is 98.7 Å². The number of aromatic amines is 4. The van der Waals surface area contributed by atoms with Crippen LogP contribution in [0.3, 0.4) is 0 Å². The summed E-state index contributed by atoms with van der Waals surface area (Å²) in [6.07, 6.45) is 10.7. The van der Waals surface area contributed by atoms with Crippen LogP contribution < -0.4 is 59.3 Å². The molecule has 0 bridgehead atoms. The number of aliphatic carboxylic acids is 1. The molecule has 3 aliphatic rings. The number of para-hydroxylation sites is 2. The van der Waals surface area contributed by atoms with Gasteiger partial charge in [0.05, 0.1) is 25.3 Å². The molecule has 35 heteroatoms. The number of carboxylic acids is 1. The summed E-state index contributed by atoms with van der Waals surface area (Å²) < 4.78 is 0. The number of guanidine groups is 1. The number of nitrogens with two attached hydrogens (primary N) is 2. The first-order valence-electron chi connectivity index (χ1n) is 38.8. The van der Waals surface area contributed by atoms with E-state index in [2.05, 4.69) is 77.8 Å². The number of carboxylic acid groups (broad SMARTS) is 1. The number of nitrogens with one attached hydrogen (secondary N) is 14. The zero-order valence-corrected chi connectivity index (χ0v) is 64.4. The molecular weight excluding hydrogens is 1470 g/mol. The normalized spacial score (nSPS) is 17.9. The van der Waals surface area contributed by atoms with Gasteiger partial charge >= 0.3 is 5.97 Å². The molecule has 11 amide bonds. The first-order chi connectivity index (χ1) is 54.7. The Hall–Kier alpha value is -12.0. The number of imidazole rings is 2. The third-order valence-electron chi connectivity index (χ3n) is 20.9. The fourth-order valence-electron chi connectivity index (χ4n) is 15.1. The zero-order valence-electron chi connectivity index (χ0n) is 64.4. The highest BCUT2D eigenvalue weighted by atomic mass is 16.4. The highest BCUT2D eigenvalue weighted by Gasteiger charge is 2.45. The Morgan fingerprint density at radius 3 is 1.38 bits per heavy atom. The van der Waals surface area contributed by atoms with Gasteiger partial charge in [-0.1, -0.05) is 94.4 Å². The average Bonchev–Trinajstić information content (AvgIpc) is 1.63. The van der Waals surface area contributed by atoms with E-state index in [9.17, 15) is 39.0 Å². The SMILES string of the molecule is CC(C)C[C@H](NC(=O)[C@H](CCCNC(=N)N)NC(=O)[C@@H]1CCCN1C(=O)[C@H](Cc1cnc[nH]1)NC(=O)[C@H](Cc1c[nH]c2ccccc12)NC(=O)[C@H](Cc1cnc[nH]1)NC(=O)[C@@H](N)Cc1ccccc1)C(=O)N[C@@H](Cc1c[nH]c2ccccc12)C(=O)N1CCC[C@H]1C(=O)N[C@@H](CC(C)C)C(=O)N1CCC[C@H]1C(=O)N[C@@H](CO)C(=O)O. The second-order valence-electron chi connectivity index (χ2n) is 30.3. The first kappa shape index (κ1) is 84.4. The zero-order chi connectivity index (χ0) is 81.7. The van der Waals surface area contributed by atoms with E-state index in [0.29, 0.717) is 41.8 Å². The number of amides is 11. The minimum absolute atomic E-state index is 0.0200. The van der Waals surface area contributed by atoms with Gasteiger partial charge in [0.2, 0.25) is 65.0 Å². The number of hydrogen-bond donors (Lipinski definition) is 18. The van der Waals surface area contributed by atoms with Gasteiger partial charge in [0.25, 0.3) is 0 Å². The molecule has 0 saturated carbocycles. The maximum absolute atomic E-state index is 15.4. The molecule has 12 atom stereocenters. The Labute approximate surface area is 658 Å². The Kier molecular flexibility index (Phi) is 29.6.